The van der Waals surface area contributed by atoms with Crippen LogP contribution in [-0.2, 0) is 64.0 Å². The van der Waals surface area contributed by atoms with Crippen LogP contribution in [-0.4, -0.2) is 188 Å². The van der Waals surface area contributed by atoms with Crippen LogP contribution in [0.4, 0.5) is 21.4 Å². The van der Waals surface area contributed by atoms with Gasteiger partial charge in [-0.05, 0) is 121 Å². The van der Waals surface area contributed by atoms with Crippen LogP contribution >= 0.6 is 11.3 Å². The average Bonchev–Trinajstić information content (AvgIpc) is 1.72. The maximum absolute atomic E-state index is 13.8. The van der Waals surface area contributed by atoms with E-state index in [4.69, 9.17) is 38.6 Å². The van der Waals surface area contributed by atoms with Crippen LogP contribution in [0.3, 0.4) is 0 Å². The fourth-order valence-electron chi connectivity index (χ4n) is 14.5. The Morgan fingerprint density at radius 3 is 2.41 bits per heavy atom. The van der Waals surface area contributed by atoms with E-state index < -0.39 is 77.7 Å². The number of hydrogen-bond donors (Lipinski definition) is 11. The van der Waals surface area contributed by atoms with E-state index in [9.17, 15) is 53.4 Å². The second-order valence-corrected chi connectivity index (χ2v) is 29.1. The van der Waals surface area contributed by atoms with Gasteiger partial charge in [-0.3, -0.25) is 24.5 Å². The molecule has 4 aliphatic rings. The number of aliphatic hydroxyl groups is 3. The van der Waals surface area contributed by atoms with Crippen molar-refractivity contribution in [1.82, 2.24) is 30.8 Å². The number of pyridine rings is 1. The molecule has 2 saturated carbocycles. The first-order valence-corrected chi connectivity index (χ1v) is 34.4. The second kappa shape index (κ2) is 32.1. The van der Waals surface area contributed by atoms with Crippen molar-refractivity contribution >= 4 is 96.7 Å². The zero-order valence-electron chi connectivity index (χ0n) is 55.4. The van der Waals surface area contributed by atoms with Gasteiger partial charge in [0.15, 0.2) is 21.9 Å². The van der Waals surface area contributed by atoms with E-state index in [1.54, 1.807) is 31.3 Å². The second-order valence-electron chi connectivity index (χ2n) is 27.0. The Hall–Kier alpha value is -8.00. The monoisotopic (exact) mass is 1380 g/mol. The standard InChI is InChI=1S/C68H88N10O17S2/c1-41(46(30-69)44-15-17-54(75-59(44)62(86)87)78-23-19-43-10-9-11-45(47(43)31-78)61(85)76-63-74-48-12-7-8-13-53(48)96-63)72-40-67(5)37-66(4)35-65(2,3)36-68(38-66,39-67)93-26-24-77(6)64(88)92-33-42-14-16-51(94-58-29-50(80)60(84)52(32-79)95-58)49(28-42)73-56(82)18-21-70-57(83)34-91-25-22-71-55(81)20-27-97(89)90/h7-17,28,30,50,52,58,60,69,72,79-80,84H,18-27,29,31-40H2,1-6H3,(H,70,83)(H,71,81)(H,73,82)(H,86,87)(H,89,90)(H,74,76,85)/b46-41+,69-30?. The zero-order valence-corrected chi connectivity index (χ0v) is 57.0. The SMILES string of the molecule is C/C(NCC1(C)CC2(C)CC(C)(C)CC(OCCN(C)C(=O)OCc3ccc(OC4CC(O)C(O)C(CO)O4)c(NC(=O)CCNC(=O)COCCNC(=O)CCS(=O)O)c3)(C1)C2)=C(/C=N)c1ccc(N2CCc3cccc(C(=O)Nc4nc5ccccc5s4)c3C2)nc1C(=O)O. The number of nitrogens with one attached hydrogen (secondary N) is 6. The summed E-state index contributed by atoms with van der Waals surface area (Å²) in [6.45, 7) is 11.4. The van der Waals surface area contributed by atoms with Crippen molar-refractivity contribution in [3.63, 3.8) is 0 Å². The Bertz CT molecular complexity index is 3740. The van der Waals surface area contributed by atoms with E-state index in [0.29, 0.717) is 65.8 Å². The molecular weight excluding hydrogens is 1290 g/mol. The first-order valence-electron chi connectivity index (χ1n) is 32.3. The van der Waals surface area contributed by atoms with Crippen molar-refractivity contribution in [2.45, 2.75) is 136 Å². The number of para-hydroxylation sites is 1. The lowest BCUT2D eigenvalue weighted by Crippen LogP contribution is -2.58. The fourth-order valence-corrected chi connectivity index (χ4v) is 15.7. The maximum Gasteiger partial charge on any atom is 0.409 e. The van der Waals surface area contributed by atoms with Gasteiger partial charge in [0.1, 0.15) is 37.0 Å². The van der Waals surface area contributed by atoms with Crippen LogP contribution in [0, 0.1) is 21.7 Å². The number of carbonyl (C=O) groups is 6. The molecule has 4 heterocycles. The van der Waals surface area contributed by atoms with Crippen LogP contribution < -0.4 is 36.2 Å². The van der Waals surface area contributed by atoms with Crippen molar-refractivity contribution in [3.05, 3.63) is 112 Å². The Balaban J connectivity index is 0.800. The van der Waals surface area contributed by atoms with Gasteiger partial charge in [-0.2, -0.15) is 0 Å². The molecule has 5 aromatic rings. The van der Waals surface area contributed by atoms with Crippen molar-refractivity contribution in [3.8, 4) is 5.75 Å². The van der Waals surface area contributed by atoms with Gasteiger partial charge in [-0.1, -0.05) is 69.4 Å². The molecule has 3 aromatic carbocycles. The Labute approximate surface area is 569 Å². The molecule has 11 N–H and O–H groups in total. The molecule has 97 heavy (non-hydrogen) atoms. The quantitative estimate of drug-likeness (QED) is 0.0131. The summed E-state index contributed by atoms with van der Waals surface area (Å²) in [5.74, 6) is -2.74. The summed E-state index contributed by atoms with van der Waals surface area (Å²) in [4.78, 5) is 90.7. The number of likely N-dealkylation sites (N-methyl/N-ethyl adjacent to an activating group) is 1. The molecule has 5 amide bonds. The molecule has 0 radical (unpaired) electrons. The van der Waals surface area contributed by atoms with Gasteiger partial charge in [0, 0.05) is 94.2 Å². The third-order valence-electron chi connectivity index (χ3n) is 17.9. The van der Waals surface area contributed by atoms with Crippen LogP contribution in [0.2, 0.25) is 0 Å². The minimum Gasteiger partial charge on any atom is -0.476 e. The average molecular weight is 1380 g/mol. The van der Waals surface area contributed by atoms with Crippen LogP contribution in [0.15, 0.2) is 78.5 Å². The van der Waals surface area contributed by atoms with Crippen LogP contribution in [0.1, 0.15) is 129 Å². The van der Waals surface area contributed by atoms with E-state index in [-0.39, 0.29) is 116 Å². The summed E-state index contributed by atoms with van der Waals surface area (Å²) in [7, 11) is 1.61. The van der Waals surface area contributed by atoms with Crippen LogP contribution in [0.25, 0.3) is 15.8 Å². The predicted molar refractivity (Wildman–Crippen MR) is 364 cm³/mol. The molecule has 1 saturated heterocycles. The molecule has 8 atom stereocenters. The summed E-state index contributed by atoms with van der Waals surface area (Å²) in [5.41, 5.74) is 3.71. The number of rotatable bonds is 30. The predicted octanol–water partition coefficient (Wildman–Crippen LogP) is 6.61. The number of hydrogen-bond acceptors (Lipinski definition) is 21. The van der Waals surface area contributed by atoms with Gasteiger partial charge in [0.05, 0.1) is 53.2 Å². The van der Waals surface area contributed by atoms with Gasteiger partial charge in [-0.25, -0.2) is 23.8 Å². The van der Waals surface area contributed by atoms with Crippen molar-refractivity contribution < 1.29 is 81.6 Å². The zero-order chi connectivity index (χ0) is 69.8. The maximum atomic E-state index is 13.8. The molecular formula is C68H88N10O17S2. The number of carbonyl (C=O) groups excluding carboxylic acids is 5. The molecule has 524 valence electrons. The summed E-state index contributed by atoms with van der Waals surface area (Å²) < 4.78 is 50.3. The number of carboxylic acid groups (broad SMARTS) is 1. The van der Waals surface area contributed by atoms with E-state index >= 15 is 0 Å². The number of aliphatic hydroxyl groups excluding tert-OH is 3. The first-order chi connectivity index (χ1) is 46.1. The van der Waals surface area contributed by atoms with Gasteiger partial charge in [0.2, 0.25) is 24.0 Å². The van der Waals surface area contributed by atoms with E-state index in [1.165, 1.54) is 28.4 Å². The summed E-state index contributed by atoms with van der Waals surface area (Å²) in [6, 6.07) is 21.4. The lowest BCUT2D eigenvalue weighted by molar-refractivity contribution is -0.229. The number of aromatic nitrogens is 2. The number of allylic oxidation sites excluding steroid dienone is 2. The molecule has 29 heteroatoms. The molecule has 2 aliphatic carbocycles. The minimum atomic E-state index is -2.10. The number of fused-ring (bicyclic) bond motifs is 4. The summed E-state index contributed by atoms with van der Waals surface area (Å²) in [5, 5.41) is 64.8. The van der Waals surface area contributed by atoms with E-state index in [1.807, 2.05) is 48.2 Å². The normalized spacial score (nSPS) is 23.2. The number of anilines is 3. The van der Waals surface area contributed by atoms with Gasteiger partial charge >= 0.3 is 12.1 Å². The third-order valence-corrected chi connectivity index (χ3v) is 19.4. The number of aromatic carboxylic acids is 1. The topological polar surface area (TPSA) is 383 Å². The Morgan fingerprint density at radius 1 is 0.876 bits per heavy atom. The fraction of sp³-hybridized carbons (Fsp3) is 0.515. The van der Waals surface area contributed by atoms with Crippen molar-refractivity contribution in [2.75, 3.05) is 87.5 Å². The van der Waals surface area contributed by atoms with E-state index in [2.05, 4.69) is 59.3 Å². The number of nitrogens with zero attached hydrogens (tertiary/aromatic N) is 4. The molecule has 2 aromatic heterocycles. The van der Waals surface area contributed by atoms with Gasteiger partial charge in [0.25, 0.3) is 5.91 Å². The molecule has 8 unspecified atom stereocenters. The number of thiazole rings is 1. The molecule has 9 rings (SSSR count). The van der Waals surface area contributed by atoms with Gasteiger partial charge in [-0.15, -0.1) is 0 Å². The minimum absolute atomic E-state index is 0.00633. The molecule has 2 aliphatic heterocycles. The van der Waals surface area contributed by atoms with E-state index in [0.717, 1.165) is 53.2 Å². The number of benzene rings is 3. The van der Waals surface area contributed by atoms with Gasteiger partial charge < -0.3 is 85.1 Å². The lowest BCUT2D eigenvalue weighted by Gasteiger charge is -2.61. The first kappa shape index (κ1) is 73.3. The highest BCUT2D eigenvalue weighted by Gasteiger charge is 2.58. The number of amides is 5. The highest BCUT2D eigenvalue weighted by molar-refractivity contribution is 7.79. The van der Waals surface area contributed by atoms with Crippen molar-refractivity contribution in [1.29, 1.82) is 5.41 Å². The van der Waals surface area contributed by atoms with Crippen LogP contribution in [0.5, 0.6) is 5.75 Å². The van der Waals surface area contributed by atoms with Crippen molar-refractivity contribution in [2.24, 2.45) is 16.2 Å². The summed E-state index contributed by atoms with van der Waals surface area (Å²) in [6.07, 6.45) is -0.253. The molecule has 2 bridgehead atoms. The Morgan fingerprint density at radius 2 is 1.66 bits per heavy atom. The molecule has 3 fully saturated rings. The third kappa shape index (κ3) is 19.4. The molecule has 27 nitrogen and oxygen atoms in total. The number of ether oxygens (including phenoxy) is 5. The number of carboxylic acids is 1. The lowest BCUT2D eigenvalue weighted by atomic mass is 9.48. The summed E-state index contributed by atoms with van der Waals surface area (Å²) >= 11 is -0.702. The molecule has 0 spiro atoms. The highest BCUT2D eigenvalue weighted by Crippen LogP contribution is 2.63. The highest BCUT2D eigenvalue weighted by atomic mass is 32.2. The smallest absolute Gasteiger partial charge is 0.409 e. The largest absolute Gasteiger partial charge is 0.476 e. The Kier molecular flexibility index (Phi) is 24.3.